The lowest BCUT2D eigenvalue weighted by molar-refractivity contribution is -0.130. The topological polar surface area (TPSA) is 96.0 Å². The molecule has 1 amide bonds. The van der Waals surface area contributed by atoms with Gasteiger partial charge >= 0.3 is 0 Å². The van der Waals surface area contributed by atoms with Gasteiger partial charge in [0, 0.05) is 19.0 Å². The van der Waals surface area contributed by atoms with Crippen LogP contribution in [0.5, 0.6) is 0 Å². The van der Waals surface area contributed by atoms with Crippen LogP contribution < -0.4 is 0 Å². The minimum Gasteiger partial charge on any atom is -0.338 e. The van der Waals surface area contributed by atoms with Gasteiger partial charge in [-0.1, -0.05) is 25.6 Å². The summed E-state index contributed by atoms with van der Waals surface area (Å²) in [4.78, 5) is 18.5. The average molecular weight is 361 g/mol. The van der Waals surface area contributed by atoms with Crippen molar-refractivity contribution < 1.29 is 13.2 Å². The van der Waals surface area contributed by atoms with Gasteiger partial charge in [-0.2, -0.15) is 0 Å². The maximum atomic E-state index is 12.5. The predicted octanol–water partition coefficient (Wildman–Crippen LogP) is 1.27. The van der Waals surface area contributed by atoms with Crippen molar-refractivity contribution in [2.24, 2.45) is 0 Å². The van der Waals surface area contributed by atoms with Gasteiger partial charge in [0.15, 0.2) is 9.84 Å². The minimum absolute atomic E-state index is 0.0409. The van der Waals surface area contributed by atoms with Crippen LogP contribution in [0, 0.1) is 0 Å². The van der Waals surface area contributed by atoms with E-state index in [1.54, 1.807) is 4.90 Å². The first-order valence-corrected chi connectivity index (χ1v) is 10.8. The maximum Gasteiger partial charge on any atom is 0.233 e. The highest BCUT2D eigenvalue weighted by molar-refractivity contribution is 7.99. The van der Waals surface area contributed by atoms with Gasteiger partial charge < -0.3 is 4.90 Å². The van der Waals surface area contributed by atoms with Crippen molar-refractivity contribution in [2.45, 2.75) is 50.7 Å². The van der Waals surface area contributed by atoms with E-state index in [1.807, 2.05) is 6.92 Å². The Morgan fingerprint density at radius 2 is 2.17 bits per heavy atom. The third-order valence-electron chi connectivity index (χ3n) is 3.76. The third kappa shape index (κ3) is 5.20. The maximum absolute atomic E-state index is 12.5. The monoisotopic (exact) mass is 360 g/mol. The number of nitrogens with zero attached hydrogens (tertiary/aromatic N) is 3. The van der Waals surface area contributed by atoms with E-state index in [1.165, 1.54) is 11.8 Å². The van der Waals surface area contributed by atoms with Gasteiger partial charge in [-0.15, -0.1) is 5.10 Å². The molecule has 1 aliphatic heterocycles. The second-order valence-electron chi connectivity index (χ2n) is 5.75. The van der Waals surface area contributed by atoms with Gasteiger partial charge in [-0.3, -0.25) is 9.89 Å². The van der Waals surface area contributed by atoms with E-state index in [4.69, 9.17) is 0 Å². The molecule has 0 spiro atoms. The predicted molar refractivity (Wildman–Crippen MR) is 90.2 cm³/mol. The molecule has 1 atom stereocenters. The van der Waals surface area contributed by atoms with Crippen LogP contribution in [0.25, 0.3) is 0 Å². The highest BCUT2D eigenvalue weighted by Crippen LogP contribution is 2.20. The molecule has 0 aliphatic carbocycles. The smallest absolute Gasteiger partial charge is 0.233 e. The molecule has 1 unspecified atom stereocenters. The normalized spacial score (nSPS) is 19.8. The Labute approximate surface area is 141 Å². The summed E-state index contributed by atoms with van der Waals surface area (Å²) in [5.74, 6) is 1.29. The fourth-order valence-corrected chi connectivity index (χ4v) is 5.11. The first-order valence-electron chi connectivity index (χ1n) is 7.99. The van der Waals surface area contributed by atoms with Crippen LogP contribution in [0.2, 0.25) is 0 Å². The lowest BCUT2D eigenvalue weighted by Gasteiger charge is -2.27. The molecular weight excluding hydrogens is 336 g/mol. The summed E-state index contributed by atoms with van der Waals surface area (Å²) in [5.41, 5.74) is 0. The van der Waals surface area contributed by atoms with Crippen molar-refractivity contribution in [3.05, 3.63) is 5.82 Å². The van der Waals surface area contributed by atoms with Crippen LogP contribution in [0.4, 0.5) is 0 Å². The van der Waals surface area contributed by atoms with E-state index in [0.717, 1.165) is 25.1 Å². The van der Waals surface area contributed by atoms with Crippen molar-refractivity contribution >= 4 is 27.5 Å². The number of aromatic nitrogens is 3. The van der Waals surface area contributed by atoms with Gasteiger partial charge in [-0.05, 0) is 19.3 Å². The standard InChI is InChI=1S/C14H24N4O3S2/c1-3-5-12-15-14(17-16-12)22-9-13(19)18(7-4-2)11-6-8-23(20,21)10-11/h11H,3-10H2,1-2H3,(H,15,16,17). The van der Waals surface area contributed by atoms with Crippen LogP contribution in [0.3, 0.4) is 0 Å². The Bertz CT molecular complexity index is 630. The highest BCUT2D eigenvalue weighted by atomic mass is 32.2. The van der Waals surface area contributed by atoms with Crippen molar-refractivity contribution in [1.29, 1.82) is 0 Å². The summed E-state index contributed by atoms with van der Waals surface area (Å²) >= 11 is 1.29. The molecule has 0 saturated carbocycles. The van der Waals surface area contributed by atoms with Crippen molar-refractivity contribution in [3.8, 4) is 0 Å². The molecule has 2 rings (SSSR count). The Morgan fingerprint density at radius 3 is 2.78 bits per heavy atom. The van der Waals surface area contributed by atoms with E-state index in [9.17, 15) is 13.2 Å². The number of amides is 1. The fourth-order valence-electron chi connectivity index (χ4n) is 2.67. The number of nitrogens with one attached hydrogen (secondary N) is 1. The second kappa shape index (κ2) is 8.14. The molecule has 1 aromatic heterocycles. The molecule has 1 aromatic rings. The third-order valence-corrected chi connectivity index (χ3v) is 6.34. The van der Waals surface area contributed by atoms with Gasteiger partial charge in [0.25, 0.3) is 0 Å². The zero-order valence-electron chi connectivity index (χ0n) is 13.6. The average Bonchev–Trinajstić information content (AvgIpc) is 3.09. The largest absolute Gasteiger partial charge is 0.338 e. The zero-order valence-corrected chi connectivity index (χ0v) is 15.3. The summed E-state index contributed by atoms with van der Waals surface area (Å²) in [5, 5.41) is 7.52. The van der Waals surface area contributed by atoms with Crippen LogP contribution in [0.15, 0.2) is 5.16 Å². The molecule has 2 heterocycles. The van der Waals surface area contributed by atoms with Crippen molar-refractivity contribution in [2.75, 3.05) is 23.8 Å². The summed E-state index contributed by atoms with van der Waals surface area (Å²) in [6.45, 7) is 4.65. The summed E-state index contributed by atoms with van der Waals surface area (Å²) < 4.78 is 23.3. The first-order chi connectivity index (χ1) is 10.9. The Kier molecular flexibility index (Phi) is 6.46. The minimum atomic E-state index is -2.99. The molecule has 1 fully saturated rings. The highest BCUT2D eigenvalue weighted by Gasteiger charge is 2.34. The number of hydrogen-bond donors (Lipinski definition) is 1. The van der Waals surface area contributed by atoms with Crippen LogP contribution in [-0.2, 0) is 21.1 Å². The van der Waals surface area contributed by atoms with E-state index in [-0.39, 0.29) is 29.2 Å². The molecule has 1 saturated heterocycles. The van der Waals surface area contributed by atoms with E-state index in [0.29, 0.717) is 18.1 Å². The lowest BCUT2D eigenvalue weighted by Crippen LogP contribution is -2.42. The van der Waals surface area contributed by atoms with Crippen LogP contribution in [0.1, 0.15) is 38.9 Å². The van der Waals surface area contributed by atoms with E-state index in [2.05, 4.69) is 22.1 Å². The molecule has 1 N–H and O–H groups in total. The number of sulfone groups is 1. The Morgan fingerprint density at radius 1 is 1.39 bits per heavy atom. The summed E-state index contributed by atoms with van der Waals surface area (Å²) in [7, 11) is -2.99. The number of carbonyl (C=O) groups is 1. The molecule has 9 heteroatoms. The molecule has 0 bridgehead atoms. The van der Waals surface area contributed by atoms with Crippen LogP contribution >= 0.6 is 11.8 Å². The fraction of sp³-hybridized carbons (Fsp3) is 0.786. The first kappa shape index (κ1) is 18.3. The molecular formula is C14H24N4O3S2. The van der Waals surface area contributed by atoms with Crippen molar-refractivity contribution in [3.63, 3.8) is 0 Å². The Balaban J connectivity index is 1.92. The SMILES string of the molecule is CCCc1nc(SCC(=O)N(CCC)C2CCS(=O)(=O)C2)n[nH]1. The summed E-state index contributed by atoms with van der Waals surface area (Å²) in [6, 6.07) is -0.184. The van der Waals surface area contributed by atoms with Gasteiger partial charge in [-0.25, -0.2) is 13.4 Å². The Hall–Kier alpha value is -1.09. The number of aryl methyl sites for hydroxylation is 1. The van der Waals surface area contributed by atoms with Gasteiger partial charge in [0.1, 0.15) is 5.82 Å². The van der Waals surface area contributed by atoms with Gasteiger partial charge in [0.05, 0.1) is 17.3 Å². The van der Waals surface area contributed by atoms with Gasteiger partial charge in [0.2, 0.25) is 11.1 Å². The number of H-pyrrole nitrogens is 1. The molecule has 130 valence electrons. The molecule has 0 radical (unpaired) electrons. The number of aromatic amines is 1. The number of carbonyl (C=O) groups excluding carboxylic acids is 1. The lowest BCUT2D eigenvalue weighted by atomic mass is 10.2. The second-order valence-corrected chi connectivity index (χ2v) is 8.92. The number of rotatable bonds is 8. The van der Waals surface area contributed by atoms with Crippen molar-refractivity contribution in [1.82, 2.24) is 20.1 Å². The van der Waals surface area contributed by atoms with Crippen LogP contribution in [-0.4, -0.2) is 64.3 Å². The molecule has 0 aromatic carbocycles. The van der Waals surface area contributed by atoms with E-state index < -0.39 is 9.84 Å². The molecule has 7 nitrogen and oxygen atoms in total. The number of thioether (sulfide) groups is 1. The zero-order chi connectivity index (χ0) is 16.9. The molecule has 23 heavy (non-hydrogen) atoms. The summed E-state index contributed by atoms with van der Waals surface area (Å²) in [6.07, 6.45) is 3.18. The molecule has 1 aliphatic rings. The van der Waals surface area contributed by atoms with E-state index >= 15 is 0 Å². The quantitative estimate of drug-likeness (QED) is 0.702. The number of hydrogen-bond acceptors (Lipinski definition) is 6.